The Labute approximate surface area is 140 Å². The number of carboxylic acids is 1. The lowest BCUT2D eigenvalue weighted by atomic mass is 9.91. The Kier molecular flexibility index (Phi) is 6.25. The van der Waals surface area contributed by atoms with Crippen molar-refractivity contribution in [3.8, 4) is 0 Å². The van der Waals surface area contributed by atoms with Gasteiger partial charge in [-0.05, 0) is 4.53 Å². The average molecular weight is 463 g/mol. The van der Waals surface area contributed by atoms with Crippen molar-refractivity contribution in [3.05, 3.63) is 0 Å². The van der Waals surface area contributed by atoms with E-state index >= 15 is 0 Å². The second-order valence-corrected chi connectivity index (χ2v) is 4.58. The van der Waals surface area contributed by atoms with E-state index in [2.05, 4.69) is 0 Å². The first-order valence-electron chi connectivity index (χ1n) is 5.55. The first-order chi connectivity index (χ1) is 11.9. The van der Waals surface area contributed by atoms with Crippen LogP contribution in [0.1, 0.15) is 0 Å². The Morgan fingerprint density at radius 1 is 0.714 bits per heavy atom. The zero-order valence-electron chi connectivity index (χ0n) is 11.8. The van der Waals surface area contributed by atoms with Gasteiger partial charge in [0.05, 0.1) is 0 Å². The van der Waals surface area contributed by atoms with Gasteiger partial charge in [-0.25, -0.2) is 9.18 Å². The standard InChI is InChI=1S/C8HF16NO3/c9-2(1(26)27,4(10,11)8(21,22)28-24)25(23)3(5(12,13)14,6(15,16)17)7(18,19)20/h(H,26,27)/t2-/m1/s1. The molecule has 0 spiro atoms. The number of alkyl halides is 14. The number of halogens is 16. The second-order valence-electron chi connectivity index (χ2n) is 4.58. The fourth-order valence-corrected chi connectivity index (χ4v) is 1.63. The van der Waals surface area contributed by atoms with E-state index in [-0.39, 0.29) is 0 Å². The third kappa shape index (κ3) is 3.18. The molecule has 0 aliphatic carbocycles. The molecule has 0 heterocycles. The zero-order chi connectivity index (χ0) is 23.4. The molecule has 0 rings (SSSR count). The van der Waals surface area contributed by atoms with E-state index in [0.29, 0.717) is 0 Å². The van der Waals surface area contributed by atoms with Gasteiger partial charge in [0.25, 0.3) is 0 Å². The Hall–Kier alpha value is -1.73. The molecule has 0 aliphatic rings. The fourth-order valence-electron chi connectivity index (χ4n) is 1.63. The highest BCUT2D eigenvalue weighted by atomic mass is 19.4. The number of aliphatic carboxylic acids is 1. The van der Waals surface area contributed by atoms with Gasteiger partial charge in [-0.2, -0.15) is 57.1 Å². The van der Waals surface area contributed by atoms with E-state index in [9.17, 15) is 75.3 Å². The molecule has 4 nitrogen and oxygen atoms in total. The van der Waals surface area contributed by atoms with Crippen molar-refractivity contribution in [2.75, 3.05) is 0 Å². The van der Waals surface area contributed by atoms with Crippen molar-refractivity contribution < 1.29 is 85.3 Å². The molecule has 0 amide bonds. The Morgan fingerprint density at radius 2 is 1.00 bits per heavy atom. The van der Waals surface area contributed by atoms with Crippen LogP contribution in [-0.4, -0.2) is 58.1 Å². The number of hydrogen-bond acceptors (Lipinski definition) is 3. The maximum atomic E-state index is 13.8. The fraction of sp³-hybridized carbons (Fsp3) is 0.875. The summed E-state index contributed by atoms with van der Waals surface area (Å²) in [5.41, 5.74) is -8.42. The van der Waals surface area contributed by atoms with Crippen LogP contribution in [0.15, 0.2) is 0 Å². The monoisotopic (exact) mass is 463 g/mol. The highest BCUT2D eigenvalue weighted by Gasteiger charge is 2.94. The van der Waals surface area contributed by atoms with Crippen molar-refractivity contribution in [3.63, 3.8) is 0 Å². The first-order valence-corrected chi connectivity index (χ1v) is 5.55. The highest BCUT2D eigenvalue weighted by Crippen LogP contribution is 2.61. The Morgan fingerprint density at radius 3 is 1.18 bits per heavy atom. The smallest absolute Gasteiger partial charge is 0.454 e. The molecule has 0 radical (unpaired) electrons. The van der Waals surface area contributed by atoms with Gasteiger partial charge in [0.2, 0.25) is 0 Å². The number of hydrogen-bond donors (Lipinski definition) is 1. The molecule has 168 valence electrons. The summed E-state index contributed by atoms with van der Waals surface area (Å²) in [7, 11) is 0. The lowest BCUT2D eigenvalue weighted by Gasteiger charge is -2.46. The van der Waals surface area contributed by atoms with E-state index in [1.54, 1.807) is 0 Å². The van der Waals surface area contributed by atoms with E-state index < -0.39 is 53.0 Å². The lowest BCUT2D eigenvalue weighted by molar-refractivity contribution is -0.502. The van der Waals surface area contributed by atoms with Crippen LogP contribution in [0.3, 0.4) is 0 Å². The maximum absolute atomic E-state index is 13.8. The van der Waals surface area contributed by atoms with Crippen molar-refractivity contribution in [2.45, 2.75) is 41.9 Å². The predicted octanol–water partition coefficient (Wildman–Crippen LogP) is 4.48. The molecule has 0 fully saturated rings. The predicted molar refractivity (Wildman–Crippen MR) is 47.4 cm³/mol. The van der Waals surface area contributed by atoms with Crippen LogP contribution in [0.5, 0.6) is 0 Å². The van der Waals surface area contributed by atoms with Gasteiger partial charge >= 0.3 is 47.9 Å². The summed E-state index contributed by atoms with van der Waals surface area (Å²) in [6, 6.07) is 0. The highest BCUT2D eigenvalue weighted by molar-refractivity contribution is 5.78. The molecule has 0 bridgehead atoms. The van der Waals surface area contributed by atoms with E-state index in [1.165, 1.54) is 0 Å². The molecule has 0 aromatic heterocycles. The van der Waals surface area contributed by atoms with Gasteiger partial charge in [-0.15, -0.1) is 9.42 Å². The van der Waals surface area contributed by atoms with Crippen LogP contribution in [0.25, 0.3) is 0 Å². The Balaban J connectivity index is 7.41. The number of carbonyl (C=O) groups is 1. The Bertz CT molecular complexity index is 556. The molecule has 0 aromatic carbocycles. The molecule has 0 aliphatic heterocycles. The zero-order valence-corrected chi connectivity index (χ0v) is 11.8. The normalized spacial score (nSPS) is 17.6. The lowest BCUT2D eigenvalue weighted by Crippen LogP contribution is -2.81. The van der Waals surface area contributed by atoms with Gasteiger partial charge in [-0.1, -0.05) is 5.12 Å². The van der Waals surface area contributed by atoms with Crippen molar-refractivity contribution >= 4 is 5.97 Å². The number of carboxylic acid groups (broad SMARTS) is 1. The van der Waals surface area contributed by atoms with Crippen LogP contribution in [0.4, 0.5) is 70.5 Å². The minimum atomic E-state index is -8.42. The molecular formula is C8HF16NO3. The van der Waals surface area contributed by atoms with Crippen LogP contribution < -0.4 is 0 Å². The molecule has 0 saturated heterocycles. The van der Waals surface area contributed by atoms with Gasteiger partial charge < -0.3 is 5.11 Å². The van der Waals surface area contributed by atoms with E-state index in [4.69, 9.17) is 5.11 Å². The average Bonchev–Trinajstić information content (AvgIpc) is 2.40. The van der Waals surface area contributed by atoms with Crippen molar-refractivity contribution in [1.82, 2.24) is 5.12 Å². The SMILES string of the molecule is O=C(O)[C@@](F)(N(F)C(C(F)(F)F)(C(F)(F)F)C(F)(F)F)C(F)(F)C(F)(F)OF. The van der Waals surface area contributed by atoms with Crippen molar-refractivity contribution in [1.29, 1.82) is 0 Å². The molecule has 1 atom stereocenters. The van der Waals surface area contributed by atoms with Gasteiger partial charge in [0, 0.05) is 0 Å². The third-order valence-electron chi connectivity index (χ3n) is 2.96. The van der Waals surface area contributed by atoms with Crippen LogP contribution in [0.2, 0.25) is 0 Å². The largest absolute Gasteiger partial charge is 0.478 e. The third-order valence-corrected chi connectivity index (χ3v) is 2.96. The molecular weight excluding hydrogens is 462 g/mol. The van der Waals surface area contributed by atoms with E-state index in [1.807, 2.05) is 0 Å². The summed E-state index contributed by atoms with van der Waals surface area (Å²) in [6.07, 6.45) is -32.0. The minimum absolute atomic E-state index is 0.995. The number of nitrogens with zero attached hydrogens (tertiary/aromatic N) is 1. The summed E-state index contributed by atoms with van der Waals surface area (Å²) in [4.78, 5) is 11.3. The first kappa shape index (κ1) is 26.3. The molecule has 0 aromatic rings. The van der Waals surface area contributed by atoms with Crippen LogP contribution >= 0.6 is 0 Å². The summed E-state index contributed by atoms with van der Waals surface area (Å²) < 4.78 is 203. The summed E-state index contributed by atoms with van der Waals surface area (Å²) in [5, 5.41) is 3.24. The molecule has 1 N–H and O–H groups in total. The van der Waals surface area contributed by atoms with Crippen LogP contribution in [-0.2, 0) is 9.74 Å². The second kappa shape index (κ2) is 6.66. The maximum Gasteiger partial charge on any atom is 0.454 e. The van der Waals surface area contributed by atoms with Gasteiger partial charge in [0.15, 0.2) is 0 Å². The summed E-state index contributed by atoms with van der Waals surface area (Å²) in [5.74, 6) is -20.5. The molecule has 28 heavy (non-hydrogen) atoms. The minimum Gasteiger partial charge on any atom is -0.478 e. The quantitative estimate of drug-likeness (QED) is 0.359. The number of rotatable bonds is 6. The van der Waals surface area contributed by atoms with Gasteiger partial charge in [-0.3, -0.25) is 0 Å². The molecule has 20 heteroatoms. The summed E-state index contributed by atoms with van der Waals surface area (Å²) >= 11 is 0. The topological polar surface area (TPSA) is 49.8 Å². The molecule has 0 saturated carbocycles. The molecule has 0 unspecified atom stereocenters. The van der Waals surface area contributed by atoms with Gasteiger partial charge in [0.1, 0.15) is 0 Å². The van der Waals surface area contributed by atoms with Crippen LogP contribution in [0, 0.1) is 0 Å². The summed E-state index contributed by atoms with van der Waals surface area (Å²) in [6.45, 7) is 0. The van der Waals surface area contributed by atoms with E-state index in [0.717, 1.165) is 4.94 Å². The van der Waals surface area contributed by atoms with Crippen molar-refractivity contribution in [2.24, 2.45) is 0 Å².